The number of benzene rings is 2. The summed E-state index contributed by atoms with van der Waals surface area (Å²) >= 11 is 0. The van der Waals surface area contributed by atoms with Crippen LogP contribution in [0, 0.1) is 10.1 Å². The van der Waals surface area contributed by atoms with Gasteiger partial charge in [-0.3, -0.25) is 19.6 Å². The van der Waals surface area contributed by atoms with Gasteiger partial charge < -0.3 is 9.64 Å². The van der Waals surface area contributed by atoms with Gasteiger partial charge >= 0.3 is 0 Å². The first kappa shape index (κ1) is 19.2. The van der Waals surface area contributed by atoms with Crippen molar-refractivity contribution in [3.05, 3.63) is 58.1 Å². The maximum absolute atomic E-state index is 12.7. The highest BCUT2D eigenvalue weighted by molar-refractivity contribution is 7.92. The fourth-order valence-electron chi connectivity index (χ4n) is 2.19. The Labute approximate surface area is 150 Å². The Morgan fingerprint density at radius 1 is 1.19 bits per heavy atom. The van der Waals surface area contributed by atoms with E-state index in [1.165, 1.54) is 44.3 Å². The van der Waals surface area contributed by atoms with Crippen LogP contribution in [0.1, 0.15) is 10.4 Å². The van der Waals surface area contributed by atoms with Crippen LogP contribution in [0.15, 0.2) is 47.4 Å². The number of ether oxygens (including phenoxy) is 1. The third-order valence-electron chi connectivity index (χ3n) is 3.46. The monoisotopic (exact) mass is 379 g/mol. The standard InChI is InChI=1S/C16H17N3O6S/c1-18(2)16(20)12-6-4-5-7-13(12)17-26(23,24)15-9-8-11(25-3)10-14(15)19(21)22/h4-10,17H,1-3H3. The smallest absolute Gasteiger partial charge is 0.293 e. The molecule has 0 saturated heterocycles. The van der Waals surface area contributed by atoms with Gasteiger partial charge in [0.15, 0.2) is 4.90 Å². The van der Waals surface area contributed by atoms with Crippen LogP contribution in [0.4, 0.5) is 11.4 Å². The lowest BCUT2D eigenvalue weighted by atomic mass is 10.1. The molecule has 0 heterocycles. The van der Waals surface area contributed by atoms with Gasteiger partial charge in [-0.05, 0) is 24.3 Å². The van der Waals surface area contributed by atoms with Crippen molar-refractivity contribution in [2.24, 2.45) is 0 Å². The highest BCUT2D eigenvalue weighted by Crippen LogP contribution is 2.30. The Hall–Kier alpha value is -3.14. The van der Waals surface area contributed by atoms with Crippen molar-refractivity contribution in [2.75, 3.05) is 25.9 Å². The average Bonchev–Trinajstić information content (AvgIpc) is 2.60. The summed E-state index contributed by atoms with van der Waals surface area (Å²) in [6, 6.07) is 9.41. The van der Waals surface area contributed by atoms with Crippen LogP contribution in [0.5, 0.6) is 5.75 Å². The van der Waals surface area contributed by atoms with Crippen LogP contribution in [-0.2, 0) is 10.0 Å². The van der Waals surface area contributed by atoms with Crippen LogP contribution in [-0.4, -0.2) is 45.4 Å². The quantitative estimate of drug-likeness (QED) is 0.606. The van der Waals surface area contributed by atoms with Crippen molar-refractivity contribution in [1.29, 1.82) is 0 Å². The Kier molecular flexibility index (Phi) is 5.46. The summed E-state index contributed by atoms with van der Waals surface area (Å²) in [5.74, 6) is -0.258. The zero-order chi connectivity index (χ0) is 19.5. The number of rotatable bonds is 6. The molecule has 0 bridgehead atoms. The van der Waals surface area contributed by atoms with Gasteiger partial charge in [-0.15, -0.1) is 0 Å². The largest absolute Gasteiger partial charge is 0.497 e. The molecule has 1 N–H and O–H groups in total. The van der Waals surface area contributed by atoms with Gasteiger partial charge in [0.25, 0.3) is 21.6 Å². The lowest BCUT2D eigenvalue weighted by Gasteiger charge is -2.15. The maximum atomic E-state index is 12.7. The first-order chi connectivity index (χ1) is 12.2. The number of nitro groups is 1. The Morgan fingerprint density at radius 2 is 1.85 bits per heavy atom. The number of nitro benzene ring substituents is 1. The number of sulfonamides is 1. The van der Waals surface area contributed by atoms with E-state index in [2.05, 4.69) is 4.72 Å². The SMILES string of the molecule is COc1ccc(S(=O)(=O)Nc2ccccc2C(=O)N(C)C)c([N+](=O)[O-])c1. The summed E-state index contributed by atoms with van der Waals surface area (Å²) in [5.41, 5.74) is -0.484. The fourth-order valence-corrected chi connectivity index (χ4v) is 3.43. The number of nitrogens with zero attached hydrogens (tertiary/aromatic N) is 2. The van der Waals surface area contributed by atoms with Gasteiger partial charge in [0.05, 0.1) is 29.4 Å². The van der Waals surface area contributed by atoms with E-state index in [1.54, 1.807) is 12.1 Å². The topological polar surface area (TPSA) is 119 Å². The molecule has 9 nitrogen and oxygen atoms in total. The lowest BCUT2D eigenvalue weighted by molar-refractivity contribution is -0.387. The van der Waals surface area contributed by atoms with E-state index in [1.807, 2.05) is 0 Å². The van der Waals surface area contributed by atoms with E-state index in [9.17, 15) is 23.3 Å². The average molecular weight is 379 g/mol. The molecule has 0 fully saturated rings. The van der Waals surface area contributed by atoms with Crippen LogP contribution >= 0.6 is 0 Å². The summed E-state index contributed by atoms with van der Waals surface area (Å²) in [7, 11) is 0.0598. The molecule has 0 aliphatic rings. The van der Waals surface area contributed by atoms with Gasteiger partial charge in [0, 0.05) is 14.1 Å². The van der Waals surface area contributed by atoms with Crippen molar-refractivity contribution in [3.8, 4) is 5.75 Å². The molecule has 2 rings (SSSR count). The molecule has 2 aromatic carbocycles. The second-order valence-electron chi connectivity index (χ2n) is 5.44. The fraction of sp³-hybridized carbons (Fsp3) is 0.188. The number of methoxy groups -OCH3 is 1. The molecular weight excluding hydrogens is 362 g/mol. The highest BCUT2D eigenvalue weighted by Gasteiger charge is 2.28. The molecule has 0 unspecified atom stereocenters. The molecule has 10 heteroatoms. The minimum Gasteiger partial charge on any atom is -0.497 e. The van der Waals surface area contributed by atoms with Crippen molar-refractivity contribution in [2.45, 2.75) is 4.90 Å². The predicted molar refractivity (Wildman–Crippen MR) is 94.9 cm³/mol. The molecule has 0 aliphatic carbocycles. The normalized spacial score (nSPS) is 10.9. The number of amides is 1. The zero-order valence-corrected chi connectivity index (χ0v) is 15.1. The molecule has 0 atom stereocenters. The van der Waals surface area contributed by atoms with Crippen molar-refractivity contribution in [1.82, 2.24) is 4.90 Å². The molecule has 0 spiro atoms. The molecule has 1 amide bonds. The highest BCUT2D eigenvalue weighted by atomic mass is 32.2. The molecule has 0 saturated carbocycles. The lowest BCUT2D eigenvalue weighted by Crippen LogP contribution is -2.24. The molecule has 0 radical (unpaired) electrons. The Balaban J connectivity index is 2.52. The molecule has 138 valence electrons. The number of para-hydroxylation sites is 1. The third kappa shape index (κ3) is 3.91. The third-order valence-corrected chi connectivity index (χ3v) is 4.87. The first-order valence-electron chi connectivity index (χ1n) is 7.33. The van der Waals surface area contributed by atoms with E-state index in [0.717, 1.165) is 12.1 Å². The second-order valence-corrected chi connectivity index (χ2v) is 7.09. The van der Waals surface area contributed by atoms with Gasteiger partial charge in [-0.1, -0.05) is 12.1 Å². The minimum atomic E-state index is -4.31. The van der Waals surface area contributed by atoms with Gasteiger partial charge in [-0.2, -0.15) is 0 Å². The minimum absolute atomic E-state index is 0.0244. The van der Waals surface area contributed by atoms with Crippen molar-refractivity contribution >= 4 is 27.3 Å². The van der Waals surface area contributed by atoms with Crippen molar-refractivity contribution < 1.29 is 22.9 Å². The summed E-state index contributed by atoms with van der Waals surface area (Å²) in [6.45, 7) is 0. The summed E-state index contributed by atoms with van der Waals surface area (Å²) in [5, 5.41) is 11.3. The molecular formula is C16H17N3O6S. The Bertz CT molecular complexity index is 956. The van der Waals surface area contributed by atoms with Crippen LogP contribution < -0.4 is 9.46 Å². The molecule has 2 aromatic rings. The molecule has 0 aromatic heterocycles. The van der Waals surface area contributed by atoms with Crippen LogP contribution in [0.2, 0.25) is 0 Å². The number of anilines is 1. The van der Waals surface area contributed by atoms with E-state index in [-0.39, 0.29) is 17.0 Å². The maximum Gasteiger partial charge on any atom is 0.293 e. The van der Waals surface area contributed by atoms with Crippen LogP contribution in [0.3, 0.4) is 0 Å². The molecule has 0 aliphatic heterocycles. The number of carbonyl (C=O) groups is 1. The second kappa shape index (κ2) is 7.40. The Morgan fingerprint density at radius 3 is 2.42 bits per heavy atom. The van der Waals surface area contributed by atoms with Gasteiger partial charge in [0.1, 0.15) is 5.75 Å². The first-order valence-corrected chi connectivity index (χ1v) is 8.81. The summed E-state index contributed by atoms with van der Waals surface area (Å²) in [4.78, 5) is 23.4. The number of hydrogen-bond donors (Lipinski definition) is 1. The summed E-state index contributed by atoms with van der Waals surface area (Å²) in [6.07, 6.45) is 0. The summed E-state index contributed by atoms with van der Waals surface area (Å²) < 4.78 is 32.5. The van der Waals surface area contributed by atoms with E-state index >= 15 is 0 Å². The van der Waals surface area contributed by atoms with Gasteiger partial charge in [0.2, 0.25) is 0 Å². The van der Waals surface area contributed by atoms with E-state index in [0.29, 0.717) is 0 Å². The number of nitrogens with one attached hydrogen (secondary N) is 1. The zero-order valence-electron chi connectivity index (χ0n) is 14.3. The number of carbonyl (C=O) groups excluding carboxylic acids is 1. The van der Waals surface area contributed by atoms with E-state index in [4.69, 9.17) is 4.74 Å². The van der Waals surface area contributed by atoms with Crippen LogP contribution in [0.25, 0.3) is 0 Å². The predicted octanol–water partition coefficient (Wildman–Crippen LogP) is 2.11. The van der Waals surface area contributed by atoms with Crippen molar-refractivity contribution in [3.63, 3.8) is 0 Å². The van der Waals surface area contributed by atoms with E-state index < -0.39 is 31.4 Å². The molecule has 26 heavy (non-hydrogen) atoms. The van der Waals surface area contributed by atoms with Gasteiger partial charge in [-0.25, -0.2) is 8.42 Å². The number of hydrogen-bond acceptors (Lipinski definition) is 6.